The molecule has 0 radical (unpaired) electrons. The van der Waals surface area contributed by atoms with Crippen LogP contribution in [0.2, 0.25) is 0 Å². The van der Waals surface area contributed by atoms with Gasteiger partial charge in [0.2, 0.25) is 0 Å². The van der Waals surface area contributed by atoms with Crippen LogP contribution in [0.25, 0.3) is 0 Å². The molecule has 4 nitrogen and oxygen atoms in total. The number of nitrogens with one attached hydrogen (secondary N) is 1. The Labute approximate surface area is 78.0 Å². The molecule has 5 heteroatoms. The molecule has 1 saturated heterocycles. The van der Waals surface area contributed by atoms with Gasteiger partial charge in [-0.25, -0.2) is 4.79 Å². The van der Waals surface area contributed by atoms with Gasteiger partial charge < -0.3 is 14.8 Å². The van der Waals surface area contributed by atoms with Crippen LogP contribution in [0, 0.1) is 0 Å². The molecule has 0 spiro atoms. The Morgan fingerprint density at radius 3 is 2.75 bits per heavy atom. The second-order valence-electron chi connectivity index (χ2n) is 2.62. The molecule has 12 heavy (non-hydrogen) atoms. The summed E-state index contributed by atoms with van der Waals surface area (Å²) < 4.78 is 9.84. The van der Waals surface area contributed by atoms with Crippen LogP contribution in [0.15, 0.2) is 0 Å². The normalized spacial score (nSPS) is 28.8. The van der Waals surface area contributed by atoms with Gasteiger partial charge in [-0.05, 0) is 6.92 Å². The highest BCUT2D eigenvalue weighted by Crippen LogP contribution is 2.03. The first-order valence-corrected chi connectivity index (χ1v) is 3.68. The second kappa shape index (κ2) is 5.35. The SMILES string of the molecule is COC(=O)[C@H]1CNCC(C)O1.Cl. The molecule has 1 aliphatic heterocycles. The van der Waals surface area contributed by atoms with Crippen molar-refractivity contribution in [2.45, 2.75) is 19.1 Å². The summed E-state index contributed by atoms with van der Waals surface area (Å²) in [5, 5.41) is 3.07. The standard InChI is InChI=1S/C7H13NO3.ClH/c1-5-3-8-4-6(11-5)7(9)10-2;/h5-6,8H,3-4H2,1-2H3;1H/t5?,6-;/m1./s1. The van der Waals surface area contributed by atoms with Crippen LogP contribution in [-0.4, -0.2) is 38.4 Å². The van der Waals surface area contributed by atoms with Crippen LogP contribution in [0.3, 0.4) is 0 Å². The zero-order valence-corrected chi connectivity index (χ0v) is 8.02. The number of rotatable bonds is 1. The van der Waals surface area contributed by atoms with Gasteiger partial charge in [0.1, 0.15) is 0 Å². The highest BCUT2D eigenvalue weighted by molar-refractivity contribution is 5.85. The smallest absolute Gasteiger partial charge is 0.336 e. The van der Waals surface area contributed by atoms with Crippen LogP contribution in [0.5, 0.6) is 0 Å². The molecule has 1 N–H and O–H groups in total. The van der Waals surface area contributed by atoms with E-state index in [0.717, 1.165) is 6.54 Å². The topological polar surface area (TPSA) is 47.6 Å². The Bertz CT molecular complexity index is 154. The van der Waals surface area contributed by atoms with Crippen molar-refractivity contribution in [3.63, 3.8) is 0 Å². The van der Waals surface area contributed by atoms with E-state index in [1.54, 1.807) is 0 Å². The number of esters is 1. The summed E-state index contributed by atoms with van der Waals surface area (Å²) in [6.07, 6.45) is -0.336. The van der Waals surface area contributed by atoms with Crippen LogP contribution < -0.4 is 5.32 Å². The summed E-state index contributed by atoms with van der Waals surface area (Å²) in [4.78, 5) is 10.9. The first-order chi connectivity index (χ1) is 5.24. The highest BCUT2D eigenvalue weighted by atomic mass is 35.5. The summed E-state index contributed by atoms with van der Waals surface area (Å²) in [6.45, 7) is 3.27. The molecule has 0 bridgehead atoms. The van der Waals surface area contributed by atoms with Crippen molar-refractivity contribution in [1.82, 2.24) is 5.32 Å². The number of halogens is 1. The molecule has 2 atom stereocenters. The van der Waals surface area contributed by atoms with E-state index in [2.05, 4.69) is 10.1 Å². The molecule has 0 aromatic carbocycles. The molecule has 0 saturated carbocycles. The maximum atomic E-state index is 10.9. The summed E-state index contributed by atoms with van der Waals surface area (Å²) in [5.41, 5.74) is 0. The average molecular weight is 196 g/mol. The van der Waals surface area contributed by atoms with E-state index in [0.29, 0.717) is 6.54 Å². The molecule has 0 aliphatic carbocycles. The number of ether oxygens (including phenoxy) is 2. The number of morpholine rings is 1. The minimum Gasteiger partial charge on any atom is -0.467 e. The molecule has 1 heterocycles. The zero-order chi connectivity index (χ0) is 8.27. The lowest BCUT2D eigenvalue weighted by atomic mass is 10.2. The fourth-order valence-electron chi connectivity index (χ4n) is 1.06. The van der Waals surface area contributed by atoms with Crippen molar-refractivity contribution in [3.8, 4) is 0 Å². The van der Waals surface area contributed by atoms with Gasteiger partial charge in [0, 0.05) is 13.1 Å². The molecular weight excluding hydrogens is 182 g/mol. The van der Waals surface area contributed by atoms with Crippen LogP contribution >= 0.6 is 12.4 Å². The van der Waals surface area contributed by atoms with Crippen molar-refractivity contribution in [3.05, 3.63) is 0 Å². The van der Waals surface area contributed by atoms with Crippen LogP contribution in [0.1, 0.15) is 6.92 Å². The van der Waals surface area contributed by atoms with Gasteiger partial charge in [0.05, 0.1) is 13.2 Å². The number of methoxy groups -OCH3 is 1. The fraction of sp³-hybridized carbons (Fsp3) is 0.857. The Balaban J connectivity index is 0.00000121. The van der Waals surface area contributed by atoms with Crippen molar-refractivity contribution >= 4 is 18.4 Å². The minimum atomic E-state index is -0.427. The van der Waals surface area contributed by atoms with E-state index in [-0.39, 0.29) is 24.5 Å². The summed E-state index contributed by atoms with van der Waals surface area (Å²) in [7, 11) is 1.37. The van der Waals surface area contributed by atoms with Crippen molar-refractivity contribution in [1.29, 1.82) is 0 Å². The van der Waals surface area contributed by atoms with Crippen molar-refractivity contribution in [2.75, 3.05) is 20.2 Å². The molecule has 1 fully saturated rings. The lowest BCUT2D eigenvalue weighted by Gasteiger charge is -2.26. The van der Waals surface area contributed by atoms with Gasteiger partial charge >= 0.3 is 5.97 Å². The molecule has 1 unspecified atom stereocenters. The van der Waals surface area contributed by atoms with Gasteiger partial charge in [0.15, 0.2) is 6.10 Å². The van der Waals surface area contributed by atoms with E-state index in [4.69, 9.17) is 4.74 Å². The Kier molecular flexibility index (Phi) is 5.20. The van der Waals surface area contributed by atoms with E-state index in [1.807, 2.05) is 6.92 Å². The maximum absolute atomic E-state index is 10.9. The molecule has 1 aliphatic rings. The highest BCUT2D eigenvalue weighted by Gasteiger charge is 2.25. The van der Waals surface area contributed by atoms with E-state index in [9.17, 15) is 4.79 Å². The largest absolute Gasteiger partial charge is 0.467 e. The van der Waals surface area contributed by atoms with Crippen molar-refractivity contribution < 1.29 is 14.3 Å². The number of carbonyl (C=O) groups excluding carboxylic acids is 1. The van der Waals surface area contributed by atoms with E-state index >= 15 is 0 Å². The third-order valence-electron chi connectivity index (χ3n) is 1.62. The number of hydrogen-bond acceptors (Lipinski definition) is 4. The first kappa shape index (κ1) is 11.7. The predicted molar refractivity (Wildman–Crippen MR) is 46.5 cm³/mol. The summed E-state index contributed by atoms with van der Waals surface area (Å²) >= 11 is 0. The lowest BCUT2D eigenvalue weighted by molar-refractivity contribution is -0.159. The van der Waals surface area contributed by atoms with Gasteiger partial charge in [-0.2, -0.15) is 0 Å². The quantitative estimate of drug-likeness (QED) is 0.597. The van der Waals surface area contributed by atoms with Gasteiger partial charge in [-0.1, -0.05) is 0 Å². The molecule has 1 rings (SSSR count). The van der Waals surface area contributed by atoms with Gasteiger partial charge in [-0.3, -0.25) is 0 Å². The number of hydrogen-bond donors (Lipinski definition) is 1. The second-order valence-corrected chi connectivity index (χ2v) is 2.62. The van der Waals surface area contributed by atoms with Crippen LogP contribution in [-0.2, 0) is 14.3 Å². The lowest BCUT2D eigenvalue weighted by Crippen LogP contribution is -2.47. The molecule has 72 valence electrons. The van der Waals surface area contributed by atoms with Gasteiger partial charge in [0.25, 0.3) is 0 Å². The zero-order valence-electron chi connectivity index (χ0n) is 7.20. The van der Waals surface area contributed by atoms with Crippen LogP contribution in [0.4, 0.5) is 0 Å². The molecule has 0 aromatic heterocycles. The minimum absolute atomic E-state index is 0. The predicted octanol–water partition coefficient (Wildman–Crippen LogP) is -0.0419. The molecular formula is C7H14ClNO3. The van der Waals surface area contributed by atoms with Crippen molar-refractivity contribution in [2.24, 2.45) is 0 Å². The van der Waals surface area contributed by atoms with E-state index in [1.165, 1.54) is 7.11 Å². The Hall–Kier alpha value is -0.320. The third-order valence-corrected chi connectivity index (χ3v) is 1.62. The summed E-state index contributed by atoms with van der Waals surface area (Å²) in [6, 6.07) is 0. The fourth-order valence-corrected chi connectivity index (χ4v) is 1.06. The van der Waals surface area contributed by atoms with E-state index < -0.39 is 6.10 Å². The number of carbonyl (C=O) groups is 1. The Morgan fingerprint density at radius 1 is 1.58 bits per heavy atom. The maximum Gasteiger partial charge on any atom is 0.336 e. The molecule has 0 amide bonds. The Morgan fingerprint density at radius 2 is 2.25 bits per heavy atom. The first-order valence-electron chi connectivity index (χ1n) is 3.68. The average Bonchev–Trinajstić information content (AvgIpc) is 2.03. The molecule has 0 aromatic rings. The monoisotopic (exact) mass is 195 g/mol. The van der Waals surface area contributed by atoms with Gasteiger partial charge in [-0.15, -0.1) is 12.4 Å². The third kappa shape index (κ3) is 2.97. The summed E-state index contributed by atoms with van der Waals surface area (Å²) in [5.74, 6) is -0.302.